The fraction of sp³-hybridized carbons (Fsp3) is 0.529. The third-order valence-corrected chi connectivity index (χ3v) is 4.05. The summed E-state index contributed by atoms with van der Waals surface area (Å²) < 4.78 is 1.80. The van der Waals surface area contributed by atoms with E-state index in [2.05, 4.69) is 28.9 Å². The van der Waals surface area contributed by atoms with Crippen molar-refractivity contribution in [3.63, 3.8) is 0 Å². The SMILES string of the molecule is CC(C)Cc1ncc2c(n1)CN(C(=O)C(C)Cn1cccn1)C2. The highest BCUT2D eigenvalue weighted by Gasteiger charge is 2.28. The Morgan fingerprint density at radius 2 is 2.13 bits per heavy atom. The zero-order valence-corrected chi connectivity index (χ0v) is 13.9. The summed E-state index contributed by atoms with van der Waals surface area (Å²) in [5, 5.41) is 4.17. The third kappa shape index (κ3) is 3.57. The van der Waals surface area contributed by atoms with E-state index in [9.17, 15) is 4.79 Å². The molecule has 122 valence electrons. The first-order valence-electron chi connectivity index (χ1n) is 8.13. The maximum atomic E-state index is 12.6. The van der Waals surface area contributed by atoms with E-state index in [0.717, 1.165) is 23.5 Å². The van der Waals surface area contributed by atoms with Crippen LogP contribution >= 0.6 is 0 Å². The summed E-state index contributed by atoms with van der Waals surface area (Å²) in [6.45, 7) is 8.06. The lowest BCUT2D eigenvalue weighted by molar-refractivity contribution is -0.136. The lowest BCUT2D eigenvalue weighted by Gasteiger charge is -2.20. The van der Waals surface area contributed by atoms with E-state index in [0.29, 0.717) is 25.6 Å². The minimum Gasteiger partial charge on any atom is -0.332 e. The van der Waals surface area contributed by atoms with E-state index in [-0.39, 0.29) is 11.8 Å². The van der Waals surface area contributed by atoms with E-state index in [1.807, 2.05) is 30.3 Å². The molecule has 2 aromatic heterocycles. The fourth-order valence-corrected chi connectivity index (χ4v) is 2.89. The monoisotopic (exact) mass is 313 g/mol. The Morgan fingerprint density at radius 3 is 2.83 bits per heavy atom. The number of hydrogen-bond acceptors (Lipinski definition) is 4. The van der Waals surface area contributed by atoms with E-state index >= 15 is 0 Å². The van der Waals surface area contributed by atoms with Crippen LogP contribution in [0.2, 0.25) is 0 Å². The van der Waals surface area contributed by atoms with Crippen molar-refractivity contribution in [1.82, 2.24) is 24.6 Å². The molecule has 0 radical (unpaired) electrons. The van der Waals surface area contributed by atoms with Crippen molar-refractivity contribution in [3.8, 4) is 0 Å². The van der Waals surface area contributed by atoms with Crippen LogP contribution in [0.3, 0.4) is 0 Å². The summed E-state index contributed by atoms with van der Waals surface area (Å²) in [5.74, 6) is 1.44. The number of aromatic nitrogens is 4. The lowest BCUT2D eigenvalue weighted by atomic mass is 10.1. The minimum absolute atomic E-state index is 0.104. The number of rotatable bonds is 5. The standard InChI is InChI=1S/C17H23N5O/c1-12(2)7-16-18-8-14-10-21(11-15(14)20-16)17(23)13(3)9-22-6-4-5-19-22/h4-6,8,12-13H,7,9-11H2,1-3H3. The average Bonchev–Trinajstić information content (AvgIpc) is 3.14. The van der Waals surface area contributed by atoms with Gasteiger partial charge >= 0.3 is 0 Å². The van der Waals surface area contributed by atoms with Crippen LogP contribution in [-0.4, -0.2) is 30.6 Å². The normalized spacial score (nSPS) is 15.0. The van der Waals surface area contributed by atoms with Crippen molar-refractivity contribution in [3.05, 3.63) is 41.7 Å². The number of amides is 1. The van der Waals surface area contributed by atoms with Crippen LogP contribution in [0.4, 0.5) is 0 Å². The molecule has 3 rings (SSSR count). The van der Waals surface area contributed by atoms with Crippen molar-refractivity contribution in [2.24, 2.45) is 11.8 Å². The van der Waals surface area contributed by atoms with E-state index < -0.39 is 0 Å². The molecule has 0 spiro atoms. The lowest BCUT2D eigenvalue weighted by Crippen LogP contribution is -2.32. The van der Waals surface area contributed by atoms with Crippen LogP contribution in [0.15, 0.2) is 24.7 Å². The Bertz CT molecular complexity index is 680. The highest BCUT2D eigenvalue weighted by molar-refractivity contribution is 5.79. The Balaban J connectivity index is 1.65. The van der Waals surface area contributed by atoms with Crippen LogP contribution < -0.4 is 0 Å². The minimum atomic E-state index is -0.104. The molecular formula is C17H23N5O. The molecule has 0 fully saturated rings. The van der Waals surface area contributed by atoms with Crippen LogP contribution in [0.25, 0.3) is 0 Å². The number of nitrogens with zero attached hydrogens (tertiary/aromatic N) is 5. The maximum Gasteiger partial charge on any atom is 0.227 e. The largest absolute Gasteiger partial charge is 0.332 e. The Kier molecular flexibility index (Phi) is 4.41. The predicted molar refractivity (Wildman–Crippen MR) is 86.2 cm³/mol. The molecule has 0 N–H and O–H groups in total. The zero-order valence-electron chi connectivity index (χ0n) is 13.9. The summed E-state index contributed by atoms with van der Waals surface area (Å²) >= 11 is 0. The van der Waals surface area contributed by atoms with Crippen molar-refractivity contribution in [1.29, 1.82) is 0 Å². The van der Waals surface area contributed by atoms with Crippen LogP contribution in [0, 0.1) is 11.8 Å². The zero-order chi connectivity index (χ0) is 16.4. The smallest absolute Gasteiger partial charge is 0.227 e. The average molecular weight is 313 g/mol. The molecule has 0 aliphatic carbocycles. The van der Waals surface area contributed by atoms with Crippen LogP contribution in [-0.2, 0) is 30.8 Å². The van der Waals surface area contributed by atoms with Gasteiger partial charge in [-0.2, -0.15) is 5.10 Å². The predicted octanol–water partition coefficient (Wildman–Crippen LogP) is 2.05. The van der Waals surface area contributed by atoms with Crippen molar-refractivity contribution >= 4 is 5.91 Å². The number of hydrogen-bond donors (Lipinski definition) is 0. The van der Waals surface area contributed by atoms with E-state index in [1.54, 1.807) is 10.9 Å². The fourth-order valence-electron chi connectivity index (χ4n) is 2.89. The van der Waals surface area contributed by atoms with E-state index in [4.69, 9.17) is 0 Å². The van der Waals surface area contributed by atoms with Gasteiger partial charge in [0, 0.05) is 37.1 Å². The highest BCUT2D eigenvalue weighted by atomic mass is 16.2. The first-order chi connectivity index (χ1) is 11.0. The Morgan fingerprint density at radius 1 is 1.30 bits per heavy atom. The summed E-state index contributed by atoms with van der Waals surface area (Å²) in [6.07, 6.45) is 6.36. The molecule has 1 aliphatic rings. The molecule has 0 saturated carbocycles. The molecule has 23 heavy (non-hydrogen) atoms. The van der Waals surface area contributed by atoms with Crippen molar-refractivity contribution in [2.75, 3.05) is 0 Å². The molecule has 0 saturated heterocycles. The second-order valence-electron chi connectivity index (χ2n) is 6.68. The summed E-state index contributed by atoms with van der Waals surface area (Å²) in [6, 6.07) is 1.87. The second kappa shape index (κ2) is 6.48. The Hall–Kier alpha value is -2.24. The van der Waals surface area contributed by atoms with Gasteiger partial charge < -0.3 is 4.90 Å². The molecule has 3 heterocycles. The topological polar surface area (TPSA) is 63.9 Å². The number of carbonyl (C=O) groups excluding carboxylic acids is 1. The molecule has 6 heteroatoms. The van der Waals surface area contributed by atoms with Crippen LogP contribution in [0.5, 0.6) is 0 Å². The third-order valence-electron chi connectivity index (χ3n) is 4.05. The molecule has 2 aromatic rings. The quantitative estimate of drug-likeness (QED) is 0.847. The first-order valence-corrected chi connectivity index (χ1v) is 8.13. The molecule has 0 bridgehead atoms. The summed E-state index contributed by atoms with van der Waals surface area (Å²) in [7, 11) is 0. The molecular weight excluding hydrogens is 290 g/mol. The molecule has 1 aliphatic heterocycles. The van der Waals surface area contributed by atoms with Gasteiger partial charge in [-0.15, -0.1) is 0 Å². The van der Waals surface area contributed by atoms with Gasteiger partial charge in [-0.05, 0) is 12.0 Å². The van der Waals surface area contributed by atoms with Gasteiger partial charge in [0.1, 0.15) is 5.82 Å². The number of fused-ring (bicyclic) bond motifs is 1. The van der Waals surface area contributed by atoms with Crippen molar-refractivity contribution < 1.29 is 4.79 Å². The van der Waals surface area contributed by atoms with Gasteiger partial charge in [-0.3, -0.25) is 9.48 Å². The van der Waals surface area contributed by atoms with Gasteiger partial charge in [-0.25, -0.2) is 9.97 Å². The maximum absolute atomic E-state index is 12.6. The van der Waals surface area contributed by atoms with Crippen molar-refractivity contribution in [2.45, 2.75) is 46.8 Å². The second-order valence-corrected chi connectivity index (χ2v) is 6.68. The first kappa shape index (κ1) is 15.6. The molecule has 6 nitrogen and oxygen atoms in total. The van der Waals surface area contributed by atoms with Gasteiger partial charge in [0.25, 0.3) is 0 Å². The highest BCUT2D eigenvalue weighted by Crippen LogP contribution is 2.23. The summed E-state index contributed by atoms with van der Waals surface area (Å²) in [5.41, 5.74) is 2.06. The molecule has 1 unspecified atom stereocenters. The summed E-state index contributed by atoms with van der Waals surface area (Å²) in [4.78, 5) is 23.6. The van der Waals surface area contributed by atoms with Gasteiger partial charge in [0.15, 0.2) is 0 Å². The van der Waals surface area contributed by atoms with Gasteiger partial charge in [0.05, 0.1) is 24.7 Å². The number of carbonyl (C=O) groups is 1. The van der Waals surface area contributed by atoms with Crippen LogP contribution in [0.1, 0.15) is 37.9 Å². The molecule has 1 atom stereocenters. The van der Waals surface area contributed by atoms with Gasteiger partial charge in [0.2, 0.25) is 5.91 Å². The van der Waals surface area contributed by atoms with Gasteiger partial charge in [-0.1, -0.05) is 20.8 Å². The molecule has 1 amide bonds. The Labute approximate surface area is 136 Å². The van der Waals surface area contributed by atoms with E-state index in [1.165, 1.54) is 0 Å². The molecule has 0 aromatic carbocycles.